The van der Waals surface area contributed by atoms with Crippen LogP contribution in [-0.2, 0) is 14.8 Å². The molecule has 26 heavy (non-hydrogen) atoms. The van der Waals surface area contributed by atoms with Crippen molar-refractivity contribution < 1.29 is 13.2 Å². The molecule has 0 aliphatic rings. The number of nitrogens with one attached hydrogen (secondary N) is 1. The number of hydrogen-bond acceptors (Lipinski definition) is 4. The average Bonchev–Trinajstić information content (AvgIpc) is 2.60. The van der Waals surface area contributed by atoms with Crippen LogP contribution in [0.1, 0.15) is 23.6 Å². The van der Waals surface area contributed by atoms with Crippen molar-refractivity contribution in [3.63, 3.8) is 0 Å². The minimum Gasteiger partial charge on any atom is -0.311 e. The predicted molar refractivity (Wildman–Crippen MR) is 100 cm³/mol. The number of hydrogen-bond donors (Lipinski definition) is 1. The fourth-order valence-corrected chi connectivity index (χ4v) is 3.93. The van der Waals surface area contributed by atoms with Gasteiger partial charge in [-0.3, -0.25) is 4.79 Å². The Morgan fingerprint density at radius 1 is 1.19 bits per heavy atom. The normalized spacial score (nSPS) is 11.0. The summed E-state index contributed by atoms with van der Waals surface area (Å²) in [6, 6.07) is 13.9. The molecule has 0 saturated heterocycles. The van der Waals surface area contributed by atoms with Crippen LogP contribution >= 0.6 is 0 Å². The Kier molecular flexibility index (Phi) is 6.14. The Morgan fingerprint density at radius 3 is 2.58 bits per heavy atom. The number of benzene rings is 2. The van der Waals surface area contributed by atoms with Crippen molar-refractivity contribution in [2.45, 2.75) is 25.7 Å². The Bertz CT molecular complexity index is 962. The minimum atomic E-state index is -3.67. The lowest BCUT2D eigenvalue weighted by Gasteiger charge is -2.21. The topological polar surface area (TPSA) is 90.3 Å². The molecular weight excluding hydrogens is 350 g/mol. The van der Waals surface area contributed by atoms with Crippen LogP contribution in [0.5, 0.6) is 0 Å². The van der Waals surface area contributed by atoms with E-state index in [1.165, 1.54) is 11.8 Å². The molecule has 2 rings (SSSR count). The molecule has 0 heterocycles. The maximum atomic E-state index is 12.5. The van der Waals surface area contributed by atoms with Crippen molar-refractivity contribution in [1.29, 1.82) is 5.26 Å². The summed E-state index contributed by atoms with van der Waals surface area (Å²) >= 11 is 0. The first kappa shape index (κ1) is 19.6. The number of carbonyl (C=O) groups is 1. The van der Waals surface area contributed by atoms with Gasteiger partial charge in [0.1, 0.15) is 0 Å². The number of anilines is 1. The van der Waals surface area contributed by atoms with Gasteiger partial charge < -0.3 is 4.90 Å². The fraction of sp³-hybridized carbons (Fsp3) is 0.263. The molecule has 0 aromatic heterocycles. The zero-order valence-corrected chi connectivity index (χ0v) is 15.8. The van der Waals surface area contributed by atoms with Crippen LogP contribution in [0, 0.1) is 25.2 Å². The molecule has 0 saturated carbocycles. The summed E-state index contributed by atoms with van der Waals surface area (Å²) in [6.07, 6.45) is 0. The standard InChI is InChI=1S/C19H21N3O3S/c1-14-7-8-15(2)19(11-14)26(24,25)21-9-10-22(16(3)23)18-6-4-5-17(12-18)13-20/h4-8,11-12,21H,9-10H2,1-3H3. The molecule has 0 fully saturated rings. The number of sulfonamides is 1. The summed E-state index contributed by atoms with van der Waals surface area (Å²) in [5.74, 6) is -0.231. The highest BCUT2D eigenvalue weighted by molar-refractivity contribution is 7.89. The molecule has 0 bridgehead atoms. The number of rotatable bonds is 6. The van der Waals surface area contributed by atoms with Gasteiger partial charge in [-0.25, -0.2) is 13.1 Å². The molecule has 0 unspecified atom stereocenters. The van der Waals surface area contributed by atoms with Gasteiger partial charge in [-0.2, -0.15) is 5.26 Å². The van der Waals surface area contributed by atoms with E-state index in [0.29, 0.717) is 16.8 Å². The van der Waals surface area contributed by atoms with Crippen LogP contribution in [0.3, 0.4) is 0 Å². The molecular formula is C19H21N3O3S. The lowest BCUT2D eigenvalue weighted by molar-refractivity contribution is -0.116. The third-order valence-corrected chi connectivity index (χ3v) is 5.53. The molecule has 7 heteroatoms. The zero-order chi connectivity index (χ0) is 19.3. The van der Waals surface area contributed by atoms with Crippen LogP contribution in [0.4, 0.5) is 5.69 Å². The van der Waals surface area contributed by atoms with E-state index < -0.39 is 10.0 Å². The molecule has 6 nitrogen and oxygen atoms in total. The van der Waals surface area contributed by atoms with Gasteiger partial charge in [-0.1, -0.05) is 18.2 Å². The second kappa shape index (κ2) is 8.13. The number of aryl methyl sites for hydroxylation is 2. The van der Waals surface area contributed by atoms with E-state index in [2.05, 4.69) is 4.72 Å². The van der Waals surface area contributed by atoms with Gasteiger partial charge in [0.05, 0.1) is 16.5 Å². The minimum absolute atomic E-state index is 0.0616. The van der Waals surface area contributed by atoms with Gasteiger partial charge in [0.15, 0.2) is 0 Å². The lowest BCUT2D eigenvalue weighted by atomic mass is 10.2. The third kappa shape index (κ3) is 4.69. The predicted octanol–water partition coefficient (Wildman–Crippen LogP) is 2.51. The Labute approximate surface area is 154 Å². The quantitative estimate of drug-likeness (QED) is 0.845. The Hall–Kier alpha value is -2.69. The number of nitriles is 1. The highest BCUT2D eigenvalue weighted by Gasteiger charge is 2.18. The van der Waals surface area contributed by atoms with Crippen LogP contribution in [0.15, 0.2) is 47.4 Å². The Morgan fingerprint density at radius 2 is 1.92 bits per heavy atom. The number of nitrogens with zero attached hydrogens (tertiary/aromatic N) is 2. The van der Waals surface area contributed by atoms with Crippen LogP contribution < -0.4 is 9.62 Å². The number of carbonyl (C=O) groups excluding carboxylic acids is 1. The van der Waals surface area contributed by atoms with E-state index in [-0.39, 0.29) is 23.9 Å². The second-order valence-corrected chi connectivity index (χ2v) is 7.73. The fourth-order valence-electron chi connectivity index (χ4n) is 2.58. The molecule has 0 spiro atoms. The van der Waals surface area contributed by atoms with Gasteiger partial charge in [0.2, 0.25) is 15.9 Å². The molecule has 136 valence electrons. The summed E-state index contributed by atoms with van der Waals surface area (Å²) in [7, 11) is -3.67. The molecule has 0 aliphatic carbocycles. The molecule has 1 amide bonds. The highest BCUT2D eigenvalue weighted by Crippen LogP contribution is 2.18. The third-order valence-electron chi connectivity index (χ3n) is 3.93. The van der Waals surface area contributed by atoms with Gasteiger partial charge >= 0.3 is 0 Å². The van der Waals surface area contributed by atoms with Crippen molar-refractivity contribution in [3.05, 3.63) is 59.2 Å². The van der Waals surface area contributed by atoms with E-state index in [0.717, 1.165) is 5.56 Å². The van der Waals surface area contributed by atoms with Crippen molar-refractivity contribution >= 4 is 21.6 Å². The first-order valence-electron chi connectivity index (χ1n) is 8.10. The van der Waals surface area contributed by atoms with Crippen LogP contribution in [0.2, 0.25) is 0 Å². The largest absolute Gasteiger partial charge is 0.311 e. The number of amides is 1. The summed E-state index contributed by atoms with van der Waals surface area (Å²) in [5.41, 5.74) is 2.51. The van der Waals surface area contributed by atoms with Gasteiger partial charge in [0, 0.05) is 25.7 Å². The molecule has 2 aromatic carbocycles. The molecule has 1 N–H and O–H groups in total. The first-order chi connectivity index (χ1) is 12.2. The first-order valence-corrected chi connectivity index (χ1v) is 9.58. The van der Waals surface area contributed by atoms with Crippen LogP contribution in [-0.4, -0.2) is 27.4 Å². The van der Waals surface area contributed by atoms with Crippen LogP contribution in [0.25, 0.3) is 0 Å². The van der Waals surface area contributed by atoms with Crippen molar-refractivity contribution in [3.8, 4) is 6.07 Å². The van der Waals surface area contributed by atoms with E-state index >= 15 is 0 Å². The van der Waals surface area contributed by atoms with E-state index in [1.807, 2.05) is 19.1 Å². The summed E-state index contributed by atoms with van der Waals surface area (Å²) in [6.45, 7) is 5.19. The summed E-state index contributed by atoms with van der Waals surface area (Å²) in [4.78, 5) is 13.6. The van der Waals surface area contributed by atoms with Gasteiger partial charge in [-0.15, -0.1) is 0 Å². The monoisotopic (exact) mass is 371 g/mol. The lowest BCUT2D eigenvalue weighted by Crippen LogP contribution is -2.37. The van der Waals surface area contributed by atoms with Crippen molar-refractivity contribution in [1.82, 2.24) is 4.72 Å². The molecule has 0 radical (unpaired) electrons. The molecule has 2 aromatic rings. The smallest absolute Gasteiger partial charge is 0.240 e. The van der Waals surface area contributed by atoms with Crippen molar-refractivity contribution in [2.24, 2.45) is 0 Å². The maximum absolute atomic E-state index is 12.5. The SMILES string of the molecule is CC(=O)N(CCNS(=O)(=O)c1cc(C)ccc1C)c1cccc(C#N)c1. The molecule has 0 atom stereocenters. The van der Waals surface area contributed by atoms with E-state index in [4.69, 9.17) is 5.26 Å². The van der Waals surface area contributed by atoms with E-state index in [1.54, 1.807) is 43.3 Å². The Balaban J connectivity index is 2.14. The van der Waals surface area contributed by atoms with Gasteiger partial charge in [0.25, 0.3) is 0 Å². The maximum Gasteiger partial charge on any atom is 0.240 e. The zero-order valence-electron chi connectivity index (χ0n) is 15.0. The highest BCUT2D eigenvalue weighted by atomic mass is 32.2. The van der Waals surface area contributed by atoms with Crippen molar-refractivity contribution in [2.75, 3.05) is 18.0 Å². The average molecular weight is 371 g/mol. The molecule has 0 aliphatic heterocycles. The van der Waals surface area contributed by atoms with Gasteiger partial charge in [-0.05, 0) is 49.2 Å². The van der Waals surface area contributed by atoms with E-state index in [9.17, 15) is 13.2 Å². The summed E-state index contributed by atoms with van der Waals surface area (Å²) in [5, 5.41) is 8.99. The summed E-state index contributed by atoms with van der Waals surface area (Å²) < 4.78 is 27.6. The second-order valence-electron chi connectivity index (χ2n) is 6.00.